The van der Waals surface area contributed by atoms with Gasteiger partial charge in [-0.05, 0) is 0 Å². The van der Waals surface area contributed by atoms with Gasteiger partial charge in [0.25, 0.3) is 0 Å². The number of rotatable bonds is 5. The highest BCUT2D eigenvalue weighted by Gasteiger charge is 1.79. The van der Waals surface area contributed by atoms with Gasteiger partial charge in [-0.3, -0.25) is 0 Å². The number of nitrogens with two attached hydrogens (primary N) is 2. The van der Waals surface area contributed by atoms with Gasteiger partial charge in [-0.25, -0.2) is 0 Å². The van der Waals surface area contributed by atoms with Crippen molar-refractivity contribution < 1.29 is 9.47 Å². The molecule has 4 N–H and O–H groups in total. The van der Waals surface area contributed by atoms with Crippen molar-refractivity contribution in [3.05, 3.63) is 24.9 Å². The van der Waals surface area contributed by atoms with E-state index in [1.807, 2.05) is 0 Å². The van der Waals surface area contributed by atoms with Crippen LogP contribution in [0, 0.1) is 0 Å². The fourth-order valence-electron chi connectivity index (χ4n) is 0.343. The summed E-state index contributed by atoms with van der Waals surface area (Å²) in [5.41, 5.74) is 9.98. The van der Waals surface area contributed by atoms with Crippen molar-refractivity contribution in [1.29, 1.82) is 0 Å². The lowest BCUT2D eigenvalue weighted by atomic mass is 10.8. The summed E-state index contributed by atoms with van der Waals surface area (Å²) in [7, 11) is 0. The third-order valence-electron chi connectivity index (χ3n) is 0.669. The Balaban J connectivity index is 2.90. The fraction of sp³-hybridized carbons (Fsp3) is 0.333. The first-order chi connectivity index (χ1) is 4.91. The van der Waals surface area contributed by atoms with E-state index in [0.717, 1.165) is 0 Å². The van der Waals surface area contributed by atoms with E-state index in [1.54, 1.807) is 0 Å². The normalized spacial score (nSPS) is 10.8. The molecular weight excluding hydrogens is 132 g/mol. The first-order valence-electron chi connectivity index (χ1n) is 2.88. The van der Waals surface area contributed by atoms with Crippen LogP contribution in [0.1, 0.15) is 0 Å². The first-order valence-corrected chi connectivity index (χ1v) is 2.88. The van der Waals surface area contributed by atoms with Crippen molar-refractivity contribution in [2.75, 3.05) is 13.2 Å². The van der Waals surface area contributed by atoms with Gasteiger partial charge in [0.05, 0.1) is 12.5 Å². The lowest BCUT2D eigenvalue weighted by molar-refractivity contribution is 0.149. The highest BCUT2D eigenvalue weighted by atomic mass is 16.5. The Morgan fingerprint density at radius 2 is 1.30 bits per heavy atom. The zero-order chi connectivity index (χ0) is 7.66. The van der Waals surface area contributed by atoms with Gasteiger partial charge in [-0.15, -0.1) is 0 Å². The first kappa shape index (κ1) is 8.68. The quantitative estimate of drug-likeness (QED) is 0.417. The van der Waals surface area contributed by atoms with Gasteiger partial charge >= 0.3 is 0 Å². The highest BCUT2D eigenvalue weighted by molar-refractivity contribution is 4.64. The molecule has 0 saturated carbocycles. The molecule has 0 bridgehead atoms. The van der Waals surface area contributed by atoms with Gasteiger partial charge in [0.2, 0.25) is 0 Å². The predicted octanol–water partition coefficient (Wildman–Crippen LogP) is -0.121. The van der Waals surface area contributed by atoms with Crippen LogP contribution in [0.2, 0.25) is 0 Å². The molecule has 0 aliphatic rings. The summed E-state index contributed by atoms with van der Waals surface area (Å²) in [5, 5.41) is 0. The van der Waals surface area contributed by atoms with E-state index >= 15 is 0 Å². The lowest BCUT2D eigenvalue weighted by Crippen LogP contribution is -1.97. The highest BCUT2D eigenvalue weighted by Crippen LogP contribution is 1.78. The van der Waals surface area contributed by atoms with E-state index in [4.69, 9.17) is 20.9 Å². The third kappa shape index (κ3) is 6.68. The SMILES string of the molecule is NC=COCCOC=CN. The molecule has 0 fully saturated rings. The maximum atomic E-state index is 4.99. The maximum Gasteiger partial charge on any atom is 0.121 e. The van der Waals surface area contributed by atoms with Gasteiger partial charge in [0.15, 0.2) is 0 Å². The minimum Gasteiger partial charge on any atom is -0.496 e. The molecule has 0 aliphatic carbocycles. The van der Waals surface area contributed by atoms with Gasteiger partial charge in [-0.2, -0.15) is 0 Å². The Labute approximate surface area is 60.1 Å². The summed E-state index contributed by atoms with van der Waals surface area (Å²) in [6, 6.07) is 0. The zero-order valence-electron chi connectivity index (χ0n) is 5.69. The summed E-state index contributed by atoms with van der Waals surface area (Å²) in [6.07, 6.45) is 5.43. The molecule has 4 nitrogen and oxygen atoms in total. The Morgan fingerprint density at radius 3 is 1.60 bits per heavy atom. The third-order valence-corrected chi connectivity index (χ3v) is 0.669. The molecule has 58 valence electrons. The molecule has 0 rings (SSSR count). The Hall–Kier alpha value is -1.32. The lowest BCUT2D eigenvalue weighted by Gasteiger charge is -1.98. The average molecular weight is 144 g/mol. The van der Waals surface area contributed by atoms with Gasteiger partial charge in [-0.1, -0.05) is 0 Å². The summed E-state index contributed by atoms with van der Waals surface area (Å²) >= 11 is 0. The van der Waals surface area contributed by atoms with E-state index in [9.17, 15) is 0 Å². The molecular formula is C6H12N2O2. The summed E-state index contributed by atoms with van der Waals surface area (Å²) < 4.78 is 9.65. The van der Waals surface area contributed by atoms with E-state index in [-0.39, 0.29) is 0 Å². The van der Waals surface area contributed by atoms with Crippen LogP contribution in [-0.4, -0.2) is 13.2 Å². The van der Waals surface area contributed by atoms with E-state index in [1.165, 1.54) is 24.9 Å². The topological polar surface area (TPSA) is 70.5 Å². The summed E-state index contributed by atoms with van der Waals surface area (Å²) in [6.45, 7) is 0.941. The largest absolute Gasteiger partial charge is 0.496 e. The molecule has 0 aromatic carbocycles. The van der Waals surface area contributed by atoms with Gasteiger partial charge < -0.3 is 20.9 Å². The van der Waals surface area contributed by atoms with Crippen LogP contribution in [0.15, 0.2) is 24.9 Å². The number of hydrogen-bond acceptors (Lipinski definition) is 4. The monoisotopic (exact) mass is 144 g/mol. The average Bonchev–Trinajstić information content (AvgIpc) is 1.97. The van der Waals surface area contributed by atoms with Crippen molar-refractivity contribution in [2.45, 2.75) is 0 Å². The molecule has 0 amide bonds. The van der Waals surface area contributed by atoms with Crippen LogP contribution in [0.25, 0.3) is 0 Å². The van der Waals surface area contributed by atoms with E-state index in [2.05, 4.69) is 0 Å². The molecule has 0 unspecified atom stereocenters. The minimum absolute atomic E-state index is 0.470. The predicted molar refractivity (Wildman–Crippen MR) is 38.6 cm³/mol. The molecule has 0 aromatic heterocycles. The van der Waals surface area contributed by atoms with Crippen LogP contribution < -0.4 is 11.5 Å². The molecule has 10 heavy (non-hydrogen) atoms. The van der Waals surface area contributed by atoms with Crippen molar-refractivity contribution in [2.24, 2.45) is 11.5 Å². The number of hydrogen-bond donors (Lipinski definition) is 2. The maximum absolute atomic E-state index is 4.99. The molecule has 0 spiro atoms. The molecule has 0 aromatic rings. The second-order valence-electron chi connectivity index (χ2n) is 1.40. The number of ether oxygens (including phenoxy) is 2. The fourth-order valence-corrected chi connectivity index (χ4v) is 0.343. The summed E-state index contributed by atoms with van der Waals surface area (Å²) in [5.74, 6) is 0. The smallest absolute Gasteiger partial charge is 0.121 e. The van der Waals surface area contributed by atoms with Crippen LogP contribution in [0.4, 0.5) is 0 Å². The van der Waals surface area contributed by atoms with Crippen molar-refractivity contribution >= 4 is 0 Å². The zero-order valence-corrected chi connectivity index (χ0v) is 5.69. The van der Waals surface area contributed by atoms with Crippen molar-refractivity contribution in [3.63, 3.8) is 0 Å². The second kappa shape index (κ2) is 7.68. The molecule has 0 atom stereocenters. The Morgan fingerprint density at radius 1 is 0.900 bits per heavy atom. The molecule has 0 aliphatic heterocycles. The second-order valence-corrected chi connectivity index (χ2v) is 1.40. The minimum atomic E-state index is 0.470. The van der Waals surface area contributed by atoms with Crippen LogP contribution >= 0.6 is 0 Å². The van der Waals surface area contributed by atoms with E-state index in [0.29, 0.717) is 13.2 Å². The summed E-state index contributed by atoms with van der Waals surface area (Å²) in [4.78, 5) is 0. The van der Waals surface area contributed by atoms with E-state index < -0.39 is 0 Å². The van der Waals surface area contributed by atoms with Crippen molar-refractivity contribution in [3.8, 4) is 0 Å². The Kier molecular flexibility index (Phi) is 6.67. The van der Waals surface area contributed by atoms with Crippen LogP contribution in [-0.2, 0) is 9.47 Å². The van der Waals surface area contributed by atoms with Gasteiger partial charge in [0.1, 0.15) is 13.2 Å². The van der Waals surface area contributed by atoms with Crippen LogP contribution in [0.3, 0.4) is 0 Å². The van der Waals surface area contributed by atoms with Crippen molar-refractivity contribution in [1.82, 2.24) is 0 Å². The molecule has 0 saturated heterocycles. The van der Waals surface area contributed by atoms with Crippen LogP contribution in [0.5, 0.6) is 0 Å². The molecule has 0 heterocycles. The standard InChI is InChI=1S/C6H12N2O2/c7-1-3-9-5-6-10-4-2-8/h1-4H,5-8H2. The Bertz CT molecular complexity index is 98.3. The molecule has 4 heteroatoms. The van der Waals surface area contributed by atoms with Gasteiger partial charge in [0, 0.05) is 12.4 Å². The molecule has 0 radical (unpaired) electrons.